The number of nitrogens with one attached hydrogen (secondary N) is 1. The van der Waals surface area contributed by atoms with E-state index in [0.717, 1.165) is 19.3 Å². The number of furan rings is 1. The number of hydrogen-bond acceptors (Lipinski definition) is 4. The fraction of sp³-hybridized carbons (Fsp3) is 0.636. The lowest BCUT2D eigenvalue weighted by molar-refractivity contribution is 0.236. The Hall–Kier alpha value is -0.850. The van der Waals surface area contributed by atoms with E-state index in [1.807, 2.05) is 0 Å². The molecule has 0 aromatic carbocycles. The van der Waals surface area contributed by atoms with Crippen molar-refractivity contribution in [3.05, 3.63) is 17.9 Å². The van der Waals surface area contributed by atoms with Crippen LogP contribution in [0.3, 0.4) is 0 Å². The molecule has 0 spiro atoms. The summed E-state index contributed by atoms with van der Waals surface area (Å²) in [5, 5.41) is 8.70. The standard InChI is InChI=1S/C11H17NO4S/c1-8-2-3-9(6-8)12-17(14,15)11-5-4-10(7-13)16-11/h4-5,8-9,12-13H,2-3,6-7H2,1H3. The highest BCUT2D eigenvalue weighted by molar-refractivity contribution is 7.89. The molecule has 2 rings (SSSR count). The molecule has 1 heterocycles. The molecular weight excluding hydrogens is 242 g/mol. The lowest BCUT2D eigenvalue weighted by atomic mass is 10.1. The van der Waals surface area contributed by atoms with Crippen molar-refractivity contribution in [2.75, 3.05) is 0 Å². The third-order valence-electron chi connectivity index (χ3n) is 3.07. The molecule has 1 fully saturated rings. The number of rotatable bonds is 4. The summed E-state index contributed by atoms with van der Waals surface area (Å²) in [6.07, 6.45) is 2.79. The van der Waals surface area contributed by atoms with E-state index in [0.29, 0.717) is 5.92 Å². The monoisotopic (exact) mass is 259 g/mol. The van der Waals surface area contributed by atoms with Crippen LogP contribution in [-0.2, 0) is 16.6 Å². The normalized spacial score (nSPS) is 25.3. The van der Waals surface area contributed by atoms with Crippen molar-refractivity contribution in [3.8, 4) is 0 Å². The van der Waals surface area contributed by atoms with Crippen LogP contribution in [0, 0.1) is 5.92 Å². The minimum atomic E-state index is -3.58. The Labute approximate surface area is 101 Å². The quantitative estimate of drug-likeness (QED) is 0.852. The van der Waals surface area contributed by atoms with Gasteiger partial charge >= 0.3 is 0 Å². The molecule has 0 aliphatic heterocycles. The minimum absolute atomic E-state index is 0.00215. The summed E-state index contributed by atoms with van der Waals surface area (Å²) in [5.41, 5.74) is 0. The maximum Gasteiger partial charge on any atom is 0.274 e. The van der Waals surface area contributed by atoms with Crippen LogP contribution < -0.4 is 4.72 Å². The van der Waals surface area contributed by atoms with E-state index >= 15 is 0 Å². The molecule has 0 amide bonds. The number of hydrogen-bond donors (Lipinski definition) is 2. The van der Waals surface area contributed by atoms with Gasteiger partial charge in [-0.2, -0.15) is 0 Å². The van der Waals surface area contributed by atoms with Crippen molar-refractivity contribution >= 4 is 10.0 Å². The van der Waals surface area contributed by atoms with E-state index in [2.05, 4.69) is 11.6 Å². The Balaban J connectivity index is 2.08. The maximum atomic E-state index is 11.9. The van der Waals surface area contributed by atoms with E-state index in [-0.39, 0.29) is 23.5 Å². The molecule has 0 bridgehead atoms. The zero-order chi connectivity index (χ0) is 12.5. The number of aliphatic hydroxyl groups is 1. The fourth-order valence-corrected chi connectivity index (χ4v) is 3.41. The molecule has 2 atom stereocenters. The SMILES string of the molecule is CC1CCC(NS(=O)(=O)c2ccc(CO)o2)C1. The van der Waals surface area contributed by atoms with E-state index in [9.17, 15) is 8.42 Å². The van der Waals surface area contributed by atoms with Crippen LogP contribution in [0.4, 0.5) is 0 Å². The molecule has 1 aromatic heterocycles. The first kappa shape index (κ1) is 12.6. The second-order valence-electron chi connectivity index (χ2n) is 4.62. The topological polar surface area (TPSA) is 79.5 Å². The lowest BCUT2D eigenvalue weighted by Gasteiger charge is -2.11. The molecular formula is C11H17NO4S. The van der Waals surface area contributed by atoms with Gasteiger partial charge in [0.15, 0.2) is 0 Å². The molecule has 6 heteroatoms. The molecule has 96 valence electrons. The van der Waals surface area contributed by atoms with E-state index in [1.165, 1.54) is 12.1 Å². The Morgan fingerprint density at radius 3 is 2.76 bits per heavy atom. The van der Waals surface area contributed by atoms with Crippen molar-refractivity contribution < 1.29 is 17.9 Å². The molecule has 0 saturated heterocycles. The van der Waals surface area contributed by atoms with Gasteiger partial charge in [0.05, 0.1) is 0 Å². The Morgan fingerprint density at radius 1 is 1.47 bits per heavy atom. The van der Waals surface area contributed by atoms with Crippen LogP contribution in [0.25, 0.3) is 0 Å². The van der Waals surface area contributed by atoms with E-state index < -0.39 is 10.0 Å². The highest BCUT2D eigenvalue weighted by Crippen LogP contribution is 2.26. The van der Waals surface area contributed by atoms with Crippen molar-refractivity contribution in [2.24, 2.45) is 5.92 Å². The van der Waals surface area contributed by atoms with E-state index in [1.54, 1.807) is 0 Å². The highest BCUT2D eigenvalue weighted by atomic mass is 32.2. The summed E-state index contributed by atoms with van der Waals surface area (Å²) >= 11 is 0. The van der Waals surface area contributed by atoms with Gasteiger partial charge in [0.25, 0.3) is 10.0 Å². The molecule has 0 radical (unpaired) electrons. The van der Waals surface area contributed by atoms with Crippen LogP contribution in [0.2, 0.25) is 0 Å². The molecule has 1 aliphatic carbocycles. The molecule has 1 aromatic rings. The first-order valence-corrected chi connectivity index (χ1v) is 7.21. The van der Waals surface area contributed by atoms with Crippen molar-refractivity contribution in [1.82, 2.24) is 4.72 Å². The molecule has 2 unspecified atom stereocenters. The molecule has 1 saturated carbocycles. The summed E-state index contributed by atoms with van der Waals surface area (Å²) in [5.74, 6) is 0.817. The second kappa shape index (κ2) is 4.80. The number of aliphatic hydroxyl groups excluding tert-OH is 1. The average Bonchev–Trinajstić information content (AvgIpc) is 2.86. The predicted octanol–water partition coefficient (Wildman–Crippen LogP) is 1.24. The van der Waals surface area contributed by atoms with Crippen molar-refractivity contribution in [3.63, 3.8) is 0 Å². The van der Waals surface area contributed by atoms with Gasteiger partial charge < -0.3 is 9.52 Å². The summed E-state index contributed by atoms with van der Waals surface area (Å²) in [4.78, 5) is 0. The van der Waals surface area contributed by atoms with Crippen LogP contribution in [0.5, 0.6) is 0 Å². The molecule has 5 nitrogen and oxygen atoms in total. The van der Waals surface area contributed by atoms with Gasteiger partial charge in [-0.25, -0.2) is 13.1 Å². The fourth-order valence-electron chi connectivity index (χ4n) is 2.18. The van der Waals surface area contributed by atoms with Crippen LogP contribution >= 0.6 is 0 Å². The summed E-state index contributed by atoms with van der Waals surface area (Å²) < 4.78 is 31.5. The van der Waals surface area contributed by atoms with Gasteiger partial charge in [0, 0.05) is 6.04 Å². The minimum Gasteiger partial charge on any atom is -0.446 e. The number of sulfonamides is 1. The lowest BCUT2D eigenvalue weighted by Crippen LogP contribution is -2.32. The Kier molecular flexibility index (Phi) is 3.56. The van der Waals surface area contributed by atoms with E-state index in [4.69, 9.17) is 9.52 Å². The van der Waals surface area contributed by atoms with Gasteiger partial charge in [-0.05, 0) is 37.3 Å². The van der Waals surface area contributed by atoms with Gasteiger partial charge in [-0.1, -0.05) is 6.92 Å². The third kappa shape index (κ3) is 2.88. The van der Waals surface area contributed by atoms with Gasteiger partial charge in [-0.15, -0.1) is 0 Å². The zero-order valence-electron chi connectivity index (χ0n) is 9.72. The van der Waals surface area contributed by atoms with Gasteiger partial charge in [-0.3, -0.25) is 0 Å². The van der Waals surface area contributed by atoms with Gasteiger partial charge in [0.1, 0.15) is 12.4 Å². The smallest absolute Gasteiger partial charge is 0.274 e. The van der Waals surface area contributed by atoms with Gasteiger partial charge in [0.2, 0.25) is 5.09 Å². The summed E-state index contributed by atoms with van der Waals surface area (Å²) in [6.45, 7) is 1.82. The Bertz CT molecular complexity index is 479. The zero-order valence-corrected chi connectivity index (χ0v) is 10.5. The largest absolute Gasteiger partial charge is 0.446 e. The molecule has 2 N–H and O–H groups in total. The first-order chi connectivity index (χ1) is 8.01. The first-order valence-electron chi connectivity index (χ1n) is 5.73. The summed E-state index contributed by atoms with van der Waals surface area (Å²) in [7, 11) is -3.58. The highest BCUT2D eigenvalue weighted by Gasteiger charge is 2.28. The Morgan fingerprint density at radius 2 is 2.24 bits per heavy atom. The van der Waals surface area contributed by atoms with Crippen molar-refractivity contribution in [2.45, 2.75) is 43.9 Å². The third-order valence-corrected chi connectivity index (χ3v) is 4.47. The predicted molar refractivity (Wildman–Crippen MR) is 61.8 cm³/mol. The maximum absolute atomic E-state index is 11.9. The van der Waals surface area contributed by atoms with Crippen LogP contribution in [0.15, 0.2) is 21.6 Å². The van der Waals surface area contributed by atoms with Crippen LogP contribution in [0.1, 0.15) is 31.9 Å². The second-order valence-corrected chi connectivity index (χ2v) is 6.26. The van der Waals surface area contributed by atoms with Crippen molar-refractivity contribution in [1.29, 1.82) is 0 Å². The van der Waals surface area contributed by atoms with Crippen LogP contribution in [-0.4, -0.2) is 19.6 Å². The summed E-state index contributed by atoms with van der Waals surface area (Å²) in [6, 6.07) is 2.83. The molecule has 1 aliphatic rings. The average molecular weight is 259 g/mol. The molecule has 17 heavy (non-hydrogen) atoms.